The largest absolute Gasteiger partial charge is 0.354 e. The fourth-order valence-corrected chi connectivity index (χ4v) is 6.86. The Kier molecular flexibility index (Phi) is 3.67. The Morgan fingerprint density at radius 2 is 1.03 bits per heavy atom. The van der Waals surface area contributed by atoms with Gasteiger partial charge >= 0.3 is 0 Å². The fourth-order valence-electron chi connectivity index (χ4n) is 6.50. The minimum Gasteiger partial charge on any atom is -0.354 e. The molecule has 1 aromatic heterocycles. The van der Waals surface area contributed by atoms with E-state index >= 15 is 0 Å². The summed E-state index contributed by atoms with van der Waals surface area (Å²) in [4.78, 5) is 3.66. The maximum absolute atomic E-state index is 3.66. The molecule has 0 amide bonds. The van der Waals surface area contributed by atoms with E-state index in [9.17, 15) is 0 Å². The van der Waals surface area contributed by atoms with Gasteiger partial charge in [0.25, 0.3) is 0 Å². The average molecular weight is 512 g/mol. The second kappa shape index (κ2) is 6.53. The van der Waals surface area contributed by atoms with Gasteiger partial charge in [-0.1, -0.05) is 78.3 Å². The summed E-state index contributed by atoms with van der Waals surface area (Å²) in [7, 11) is 0. The van der Waals surface area contributed by atoms with Crippen LogP contribution in [0.1, 0.15) is 25.0 Å². The molecule has 8 rings (SSSR count). The first-order valence-corrected chi connectivity index (χ1v) is 12.9. The monoisotopic (exact) mass is 511 g/mol. The van der Waals surface area contributed by atoms with Gasteiger partial charge in [-0.25, -0.2) is 0 Å². The van der Waals surface area contributed by atoms with Crippen LogP contribution in [-0.2, 0) is 5.41 Å². The molecule has 0 aliphatic heterocycles. The Bertz CT molecular complexity index is 2040. The van der Waals surface area contributed by atoms with E-state index < -0.39 is 0 Å². The zero-order valence-electron chi connectivity index (χ0n) is 19.5. The number of benzene rings is 6. The number of hydrogen-bond donors (Lipinski definition) is 1. The third-order valence-corrected chi connectivity index (χ3v) is 8.71. The summed E-state index contributed by atoms with van der Waals surface area (Å²) < 4.78 is 1.11. The summed E-state index contributed by atoms with van der Waals surface area (Å²) in [6.07, 6.45) is 0. The van der Waals surface area contributed by atoms with Crippen molar-refractivity contribution in [3.63, 3.8) is 0 Å². The predicted octanol–water partition coefficient (Wildman–Crippen LogP) is 9.85. The van der Waals surface area contributed by atoms with Crippen molar-refractivity contribution < 1.29 is 0 Å². The average Bonchev–Trinajstić information content (AvgIpc) is 3.33. The molecule has 0 saturated carbocycles. The van der Waals surface area contributed by atoms with E-state index in [1.54, 1.807) is 0 Å². The highest BCUT2D eigenvalue weighted by atomic mass is 79.9. The van der Waals surface area contributed by atoms with Crippen LogP contribution in [0.3, 0.4) is 0 Å². The third kappa shape index (κ3) is 2.48. The number of aromatic amines is 1. The van der Waals surface area contributed by atoms with Crippen molar-refractivity contribution in [3.05, 3.63) is 107 Å². The van der Waals surface area contributed by atoms with Crippen molar-refractivity contribution in [3.8, 4) is 11.1 Å². The molecule has 1 N–H and O–H groups in total. The molecule has 7 aromatic rings. The summed E-state index contributed by atoms with van der Waals surface area (Å²) in [5.74, 6) is 0. The number of aromatic nitrogens is 1. The molecule has 166 valence electrons. The maximum Gasteiger partial charge on any atom is 0.0471 e. The van der Waals surface area contributed by atoms with E-state index in [4.69, 9.17) is 0 Å². The van der Waals surface area contributed by atoms with Crippen LogP contribution in [-0.4, -0.2) is 4.98 Å². The molecular weight excluding hydrogens is 490 g/mol. The van der Waals surface area contributed by atoms with Crippen LogP contribution in [0.4, 0.5) is 0 Å². The normalized spacial score (nSPS) is 14.4. The van der Waals surface area contributed by atoms with Gasteiger partial charge in [0.15, 0.2) is 0 Å². The Morgan fingerprint density at radius 3 is 1.69 bits per heavy atom. The molecule has 0 bridgehead atoms. The third-order valence-electron chi connectivity index (χ3n) is 8.22. The molecule has 1 aliphatic rings. The second-order valence-corrected chi connectivity index (χ2v) is 11.3. The van der Waals surface area contributed by atoms with Gasteiger partial charge in [-0.15, -0.1) is 0 Å². The molecule has 0 unspecified atom stereocenters. The Morgan fingerprint density at radius 1 is 0.514 bits per heavy atom. The van der Waals surface area contributed by atoms with Crippen LogP contribution in [0.2, 0.25) is 0 Å². The van der Waals surface area contributed by atoms with E-state index in [1.807, 2.05) is 0 Å². The minimum atomic E-state index is -0.0740. The van der Waals surface area contributed by atoms with Crippen LogP contribution in [0, 0.1) is 0 Å². The van der Waals surface area contributed by atoms with Crippen molar-refractivity contribution in [2.45, 2.75) is 19.3 Å². The van der Waals surface area contributed by atoms with Gasteiger partial charge < -0.3 is 4.98 Å². The van der Waals surface area contributed by atoms with Crippen LogP contribution < -0.4 is 0 Å². The first-order valence-electron chi connectivity index (χ1n) is 12.1. The lowest BCUT2D eigenvalue weighted by Gasteiger charge is -2.22. The lowest BCUT2D eigenvalue weighted by atomic mass is 9.81. The fraction of sp³-hybridized carbons (Fsp3) is 0.0909. The number of H-pyrrole nitrogens is 1. The second-order valence-electron chi connectivity index (χ2n) is 10.4. The van der Waals surface area contributed by atoms with E-state index in [2.05, 4.69) is 126 Å². The standard InChI is InChI=1S/C33H22BrN/c1-33(2)29-15-24-22-10-6-4-8-20(22)19-7-3-5-9-21(19)23(24)14-25(29)26-17-32-28(16-30(26)33)27-13-18(34)11-12-31(27)35-32/h3-17,35H,1-2H3. The first kappa shape index (κ1) is 19.7. The molecule has 1 nitrogen and oxygen atoms in total. The molecule has 1 heterocycles. The first-order chi connectivity index (χ1) is 17.0. The molecule has 0 spiro atoms. The Balaban J connectivity index is 1.52. The number of nitrogens with one attached hydrogen (secondary N) is 1. The summed E-state index contributed by atoms with van der Waals surface area (Å²) >= 11 is 3.66. The van der Waals surface area contributed by atoms with Gasteiger partial charge in [0, 0.05) is 31.7 Å². The smallest absolute Gasteiger partial charge is 0.0471 e. The quantitative estimate of drug-likeness (QED) is 0.195. The molecule has 6 aromatic carbocycles. The van der Waals surface area contributed by atoms with Gasteiger partial charge in [0.2, 0.25) is 0 Å². The summed E-state index contributed by atoms with van der Waals surface area (Å²) in [6, 6.07) is 33.9. The lowest BCUT2D eigenvalue weighted by molar-refractivity contribution is 0.662. The number of hydrogen-bond acceptors (Lipinski definition) is 0. The van der Waals surface area contributed by atoms with E-state index in [0.29, 0.717) is 0 Å². The van der Waals surface area contributed by atoms with E-state index in [0.717, 1.165) is 4.47 Å². The van der Waals surface area contributed by atoms with Crippen molar-refractivity contribution in [1.82, 2.24) is 4.98 Å². The Hall–Kier alpha value is -3.62. The molecule has 0 radical (unpaired) electrons. The molecule has 35 heavy (non-hydrogen) atoms. The molecule has 0 saturated heterocycles. The molecule has 0 atom stereocenters. The molecule has 1 aliphatic carbocycles. The van der Waals surface area contributed by atoms with Gasteiger partial charge in [-0.05, 0) is 97.0 Å². The highest BCUT2D eigenvalue weighted by Crippen LogP contribution is 2.52. The highest BCUT2D eigenvalue weighted by molar-refractivity contribution is 9.10. The lowest BCUT2D eigenvalue weighted by Crippen LogP contribution is -2.14. The SMILES string of the molecule is CC1(C)c2cc3c(cc2-c2cc4c5ccccc5c5ccccc5c4cc21)[nH]c1ccc(Br)cc13. The topological polar surface area (TPSA) is 15.8 Å². The summed E-state index contributed by atoms with van der Waals surface area (Å²) in [5.41, 5.74) is 7.84. The van der Waals surface area contributed by atoms with Crippen molar-refractivity contribution in [2.75, 3.05) is 0 Å². The number of halogens is 1. The van der Waals surface area contributed by atoms with Gasteiger partial charge in [0.1, 0.15) is 0 Å². The highest BCUT2D eigenvalue weighted by Gasteiger charge is 2.36. The maximum atomic E-state index is 3.66. The molecular formula is C33H22BrN. The Labute approximate surface area is 211 Å². The van der Waals surface area contributed by atoms with E-state index in [-0.39, 0.29) is 5.41 Å². The van der Waals surface area contributed by atoms with Crippen LogP contribution in [0.15, 0.2) is 95.5 Å². The summed E-state index contributed by atoms with van der Waals surface area (Å²) in [5, 5.41) is 10.6. The zero-order chi connectivity index (χ0) is 23.5. The van der Waals surface area contributed by atoms with Crippen molar-refractivity contribution >= 4 is 70.1 Å². The van der Waals surface area contributed by atoms with Crippen LogP contribution in [0.25, 0.3) is 65.3 Å². The summed E-state index contributed by atoms with van der Waals surface area (Å²) in [6.45, 7) is 4.76. The van der Waals surface area contributed by atoms with Crippen LogP contribution >= 0.6 is 15.9 Å². The van der Waals surface area contributed by atoms with Gasteiger partial charge in [-0.2, -0.15) is 0 Å². The van der Waals surface area contributed by atoms with Crippen molar-refractivity contribution in [1.29, 1.82) is 0 Å². The minimum absolute atomic E-state index is 0.0740. The van der Waals surface area contributed by atoms with Crippen LogP contribution in [0.5, 0.6) is 0 Å². The van der Waals surface area contributed by atoms with Crippen molar-refractivity contribution in [2.24, 2.45) is 0 Å². The van der Waals surface area contributed by atoms with E-state index in [1.165, 1.54) is 76.4 Å². The van der Waals surface area contributed by atoms with Gasteiger partial charge in [0.05, 0.1) is 0 Å². The molecule has 2 heteroatoms. The molecule has 0 fully saturated rings. The number of fused-ring (bicyclic) bond motifs is 12. The van der Waals surface area contributed by atoms with Gasteiger partial charge in [-0.3, -0.25) is 0 Å². The zero-order valence-corrected chi connectivity index (χ0v) is 21.1. The predicted molar refractivity (Wildman–Crippen MR) is 154 cm³/mol. The number of rotatable bonds is 0.